The van der Waals surface area contributed by atoms with Gasteiger partial charge in [0.15, 0.2) is 0 Å². The van der Waals surface area contributed by atoms with Crippen molar-refractivity contribution in [1.29, 1.82) is 0 Å². The van der Waals surface area contributed by atoms with Crippen LogP contribution in [0.2, 0.25) is 0 Å². The van der Waals surface area contributed by atoms with Gasteiger partial charge in [-0.3, -0.25) is 9.78 Å². The molecule has 0 saturated carbocycles. The summed E-state index contributed by atoms with van der Waals surface area (Å²) in [4.78, 5) is 19.1. The Bertz CT molecular complexity index is 710. The maximum Gasteiger partial charge on any atom is 0.222 e. The zero-order valence-corrected chi connectivity index (χ0v) is 18.2. The molecule has 1 aromatic heterocycles. The van der Waals surface area contributed by atoms with Gasteiger partial charge in [-0.15, -0.1) is 24.8 Å². The van der Waals surface area contributed by atoms with E-state index in [1.807, 2.05) is 23.1 Å². The lowest BCUT2D eigenvalue weighted by Gasteiger charge is -2.26. The highest BCUT2D eigenvalue weighted by Crippen LogP contribution is 2.19. The molecule has 1 fully saturated rings. The molecule has 1 aromatic carbocycles. The second-order valence-corrected chi connectivity index (χ2v) is 7.24. The molecule has 0 spiro atoms. The van der Waals surface area contributed by atoms with Crippen molar-refractivity contribution in [3.8, 4) is 0 Å². The van der Waals surface area contributed by atoms with Crippen LogP contribution in [0.4, 0.5) is 4.39 Å². The first-order valence-corrected chi connectivity index (χ1v) is 9.83. The van der Waals surface area contributed by atoms with Crippen molar-refractivity contribution in [3.63, 3.8) is 0 Å². The largest absolute Gasteiger partial charge is 0.338 e. The summed E-state index contributed by atoms with van der Waals surface area (Å²) in [5, 5.41) is 3.37. The minimum Gasteiger partial charge on any atom is -0.338 e. The first kappa shape index (κ1) is 25.3. The molecular formula is C22H30Cl2FN3O. The molecular weight excluding hydrogens is 412 g/mol. The van der Waals surface area contributed by atoms with Crippen LogP contribution in [0.15, 0.2) is 48.7 Å². The number of carbonyl (C=O) groups excluding carboxylic acids is 1. The number of nitrogens with zero attached hydrogens (tertiary/aromatic N) is 2. The molecule has 0 radical (unpaired) electrons. The standard InChI is InChI=1S/C22H28FN3O.2ClH/c23-20-7-4-19(5-8-20)17-26(16-12-21-3-1-2-13-25-21)22(27)9-6-18-10-14-24-15-11-18;;/h1-5,7-8,13,18,24H,6,9-12,14-17H2;2*1H. The van der Waals surface area contributed by atoms with E-state index in [1.54, 1.807) is 18.3 Å². The number of halogens is 3. The predicted octanol–water partition coefficient (Wildman–Crippen LogP) is 4.42. The second-order valence-electron chi connectivity index (χ2n) is 7.24. The van der Waals surface area contributed by atoms with Gasteiger partial charge in [0.2, 0.25) is 5.91 Å². The zero-order valence-electron chi connectivity index (χ0n) is 16.6. The zero-order chi connectivity index (χ0) is 18.9. The second kappa shape index (κ2) is 13.5. The Balaban J connectivity index is 0.00000210. The Morgan fingerprint density at radius 1 is 1.10 bits per heavy atom. The van der Waals surface area contributed by atoms with Gasteiger partial charge in [-0.2, -0.15) is 0 Å². The summed E-state index contributed by atoms with van der Waals surface area (Å²) in [6.07, 6.45) is 6.33. The molecule has 3 rings (SSSR count). The van der Waals surface area contributed by atoms with Crippen LogP contribution < -0.4 is 5.32 Å². The van der Waals surface area contributed by atoms with E-state index in [9.17, 15) is 9.18 Å². The number of amides is 1. The van der Waals surface area contributed by atoms with Crippen molar-refractivity contribution in [3.05, 3.63) is 65.7 Å². The van der Waals surface area contributed by atoms with Gasteiger partial charge in [-0.25, -0.2) is 4.39 Å². The Labute approximate surface area is 185 Å². The summed E-state index contributed by atoms with van der Waals surface area (Å²) in [5.74, 6) is 0.559. The van der Waals surface area contributed by atoms with E-state index in [0.717, 1.165) is 50.0 Å². The average Bonchev–Trinajstić information content (AvgIpc) is 2.72. The Hall–Kier alpha value is -1.69. The summed E-state index contributed by atoms with van der Waals surface area (Å²) in [6.45, 7) is 3.24. The Morgan fingerprint density at radius 3 is 2.48 bits per heavy atom. The monoisotopic (exact) mass is 441 g/mol. The Morgan fingerprint density at radius 2 is 1.83 bits per heavy atom. The number of benzene rings is 1. The molecule has 160 valence electrons. The van der Waals surface area contributed by atoms with Gasteiger partial charge < -0.3 is 10.2 Å². The van der Waals surface area contributed by atoms with Crippen LogP contribution in [0.5, 0.6) is 0 Å². The normalized spacial score (nSPS) is 13.8. The molecule has 0 aliphatic carbocycles. The number of nitrogens with one attached hydrogen (secondary N) is 1. The average molecular weight is 442 g/mol. The molecule has 1 aliphatic rings. The number of hydrogen-bond acceptors (Lipinski definition) is 3. The molecule has 1 saturated heterocycles. The molecule has 0 bridgehead atoms. The molecule has 1 amide bonds. The van der Waals surface area contributed by atoms with Crippen molar-refractivity contribution in [1.82, 2.24) is 15.2 Å². The van der Waals surface area contributed by atoms with Crippen molar-refractivity contribution in [2.75, 3.05) is 19.6 Å². The molecule has 2 heterocycles. The highest BCUT2D eigenvalue weighted by molar-refractivity contribution is 5.85. The van der Waals surface area contributed by atoms with Crippen molar-refractivity contribution in [2.24, 2.45) is 5.92 Å². The van der Waals surface area contributed by atoms with E-state index in [-0.39, 0.29) is 36.5 Å². The number of piperidine rings is 1. The van der Waals surface area contributed by atoms with Crippen LogP contribution in [-0.4, -0.2) is 35.4 Å². The van der Waals surface area contributed by atoms with E-state index >= 15 is 0 Å². The predicted molar refractivity (Wildman–Crippen MR) is 119 cm³/mol. The highest BCUT2D eigenvalue weighted by Gasteiger charge is 2.18. The van der Waals surface area contributed by atoms with E-state index in [4.69, 9.17) is 0 Å². The van der Waals surface area contributed by atoms with E-state index in [2.05, 4.69) is 10.3 Å². The third-order valence-electron chi connectivity index (χ3n) is 5.23. The number of aromatic nitrogens is 1. The first-order valence-electron chi connectivity index (χ1n) is 9.83. The van der Waals surface area contributed by atoms with Gasteiger partial charge in [-0.1, -0.05) is 18.2 Å². The first-order chi connectivity index (χ1) is 13.2. The third kappa shape index (κ3) is 8.69. The summed E-state index contributed by atoms with van der Waals surface area (Å²) < 4.78 is 13.2. The number of hydrogen-bond donors (Lipinski definition) is 1. The molecule has 0 atom stereocenters. The fourth-order valence-electron chi connectivity index (χ4n) is 3.55. The van der Waals surface area contributed by atoms with Gasteiger partial charge in [0, 0.05) is 37.8 Å². The fraction of sp³-hybridized carbons (Fsp3) is 0.455. The van der Waals surface area contributed by atoms with Crippen LogP contribution in [0, 0.1) is 11.7 Å². The van der Waals surface area contributed by atoms with Crippen molar-refractivity contribution in [2.45, 2.75) is 38.6 Å². The summed E-state index contributed by atoms with van der Waals surface area (Å²) in [5.41, 5.74) is 1.93. The third-order valence-corrected chi connectivity index (χ3v) is 5.23. The van der Waals surface area contributed by atoms with Gasteiger partial charge in [0.05, 0.1) is 0 Å². The molecule has 1 aliphatic heterocycles. The summed E-state index contributed by atoms with van der Waals surface area (Å²) >= 11 is 0. The fourth-order valence-corrected chi connectivity index (χ4v) is 3.55. The van der Waals surface area contributed by atoms with Crippen LogP contribution in [0.25, 0.3) is 0 Å². The minimum atomic E-state index is -0.254. The van der Waals surface area contributed by atoms with Gasteiger partial charge in [-0.05, 0) is 68.1 Å². The summed E-state index contributed by atoms with van der Waals surface area (Å²) in [7, 11) is 0. The van der Waals surface area contributed by atoms with E-state index in [0.29, 0.717) is 25.4 Å². The van der Waals surface area contributed by atoms with Gasteiger partial charge in [0.25, 0.3) is 0 Å². The lowest BCUT2D eigenvalue weighted by molar-refractivity contribution is -0.132. The maximum atomic E-state index is 13.2. The number of pyridine rings is 1. The SMILES string of the molecule is Cl.Cl.O=C(CCC1CCNCC1)N(CCc1ccccn1)Cc1ccc(F)cc1. The quantitative estimate of drug-likeness (QED) is 0.659. The van der Waals surface area contributed by atoms with Crippen LogP contribution >= 0.6 is 24.8 Å². The number of carbonyl (C=O) groups is 1. The molecule has 29 heavy (non-hydrogen) atoms. The smallest absolute Gasteiger partial charge is 0.222 e. The molecule has 2 aromatic rings. The van der Waals surface area contributed by atoms with Crippen molar-refractivity contribution >= 4 is 30.7 Å². The molecule has 0 unspecified atom stereocenters. The van der Waals surface area contributed by atoms with Gasteiger partial charge >= 0.3 is 0 Å². The van der Waals surface area contributed by atoms with E-state index < -0.39 is 0 Å². The minimum absolute atomic E-state index is 0. The molecule has 1 N–H and O–H groups in total. The lowest BCUT2D eigenvalue weighted by atomic mass is 9.93. The molecule has 7 heteroatoms. The molecule has 4 nitrogen and oxygen atoms in total. The van der Waals surface area contributed by atoms with Crippen LogP contribution in [-0.2, 0) is 17.8 Å². The lowest BCUT2D eigenvalue weighted by Crippen LogP contribution is -2.33. The Kier molecular flexibility index (Phi) is 11.8. The van der Waals surface area contributed by atoms with E-state index in [1.165, 1.54) is 12.1 Å². The maximum absolute atomic E-state index is 13.2. The topological polar surface area (TPSA) is 45.2 Å². The van der Waals surface area contributed by atoms with Crippen LogP contribution in [0.3, 0.4) is 0 Å². The van der Waals surface area contributed by atoms with Gasteiger partial charge in [0.1, 0.15) is 5.82 Å². The van der Waals surface area contributed by atoms with Crippen LogP contribution in [0.1, 0.15) is 36.9 Å². The van der Waals surface area contributed by atoms with Crippen molar-refractivity contribution < 1.29 is 9.18 Å². The highest BCUT2D eigenvalue weighted by atomic mass is 35.5. The summed E-state index contributed by atoms with van der Waals surface area (Å²) in [6, 6.07) is 12.2. The number of rotatable bonds is 8.